The number of amides is 1. The van der Waals surface area contributed by atoms with E-state index in [0.717, 1.165) is 0 Å². The lowest BCUT2D eigenvalue weighted by molar-refractivity contribution is -0.133. The zero-order chi connectivity index (χ0) is 12.7. The van der Waals surface area contributed by atoms with E-state index in [-0.39, 0.29) is 18.0 Å². The quantitative estimate of drug-likeness (QED) is 0.745. The van der Waals surface area contributed by atoms with Crippen LogP contribution in [0.5, 0.6) is 0 Å². The van der Waals surface area contributed by atoms with Crippen LogP contribution >= 0.6 is 0 Å². The summed E-state index contributed by atoms with van der Waals surface area (Å²) in [5, 5.41) is 8.54. The molecule has 0 saturated carbocycles. The number of rotatable bonds is 6. The molecule has 0 aliphatic rings. The monoisotopic (exact) mass is 225 g/mol. The van der Waals surface area contributed by atoms with Crippen molar-refractivity contribution in [2.75, 3.05) is 6.54 Å². The summed E-state index contributed by atoms with van der Waals surface area (Å²) in [5.41, 5.74) is 5.87. The summed E-state index contributed by atoms with van der Waals surface area (Å²) in [4.78, 5) is 13.7. The molecule has 1 atom stereocenters. The summed E-state index contributed by atoms with van der Waals surface area (Å²) in [6, 6.07) is 2.08. The van der Waals surface area contributed by atoms with Crippen LogP contribution in [0.3, 0.4) is 0 Å². The van der Waals surface area contributed by atoms with E-state index in [9.17, 15) is 4.79 Å². The van der Waals surface area contributed by atoms with Crippen molar-refractivity contribution in [2.45, 2.75) is 52.6 Å². The van der Waals surface area contributed by atoms with Gasteiger partial charge in [-0.3, -0.25) is 4.79 Å². The molecular weight excluding hydrogens is 202 g/mol. The zero-order valence-corrected chi connectivity index (χ0v) is 10.7. The highest BCUT2D eigenvalue weighted by atomic mass is 16.2. The van der Waals surface area contributed by atoms with Crippen LogP contribution in [0.25, 0.3) is 0 Å². The molecule has 0 rings (SSSR count). The maximum atomic E-state index is 11.9. The second kappa shape index (κ2) is 7.24. The van der Waals surface area contributed by atoms with Crippen LogP contribution in [0.2, 0.25) is 0 Å². The summed E-state index contributed by atoms with van der Waals surface area (Å²) in [6.45, 7) is 8.42. The highest BCUT2D eigenvalue weighted by molar-refractivity contribution is 5.77. The molecule has 92 valence electrons. The third-order valence-corrected chi connectivity index (χ3v) is 2.67. The van der Waals surface area contributed by atoms with Crippen molar-refractivity contribution in [2.24, 2.45) is 11.7 Å². The molecule has 16 heavy (non-hydrogen) atoms. The van der Waals surface area contributed by atoms with Crippen molar-refractivity contribution in [3.63, 3.8) is 0 Å². The minimum absolute atomic E-state index is 0.0476. The highest BCUT2D eigenvalue weighted by Gasteiger charge is 2.20. The van der Waals surface area contributed by atoms with Gasteiger partial charge in [-0.25, -0.2) is 0 Å². The van der Waals surface area contributed by atoms with Crippen LogP contribution in [-0.4, -0.2) is 29.4 Å². The second-order valence-corrected chi connectivity index (χ2v) is 4.70. The van der Waals surface area contributed by atoms with E-state index in [0.29, 0.717) is 25.3 Å². The summed E-state index contributed by atoms with van der Waals surface area (Å²) >= 11 is 0. The third-order valence-electron chi connectivity index (χ3n) is 2.67. The molecule has 0 saturated heterocycles. The number of hydrogen-bond acceptors (Lipinski definition) is 3. The first-order chi connectivity index (χ1) is 7.40. The largest absolute Gasteiger partial charge is 0.339 e. The molecule has 1 amide bonds. The summed E-state index contributed by atoms with van der Waals surface area (Å²) in [6.07, 6.45) is 0.738. The highest BCUT2D eigenvalue weighted by Crippen LogP contribution is 2.08. The van der Waals surface area contributed by atoms with Gasteiger partial charge >= 0.3 is 0 Å². The minimum atomic E-state index is -0.101. The third kappa shape index (κ3) is 5.13. The first-order valence-corrected chi connectivity index (χ1v) is 5.82. The second-order valence-electron chi connectivity index (χ2n) is 4.70. The van der Waals surface area contributed by atoms with E-state index in [4.69, 9.17) is 11.0 Å². The van der Waals surface area contributed by atoms with Gasteiger partial charge in [-0.15, -0.1) is 0 Å². The topological polar surface area (TPSA) is 70.1 Å². The zero-order valence-electron chi connectivity index (χ0n) is 10.7. The molecule has 4 nitrogen and oxygen atoms in total. The predicted octanol–water partition coefficient (Wildman–Crippen LogP) is 1.51. The number of nitrogens with two attached hydrogens (primary N) is 1. The fourth-order valence-corrected chi connectivity index (χ4v) is 1.40. The van der Waals surface area contributed by atoms with Crippen LogP contribution in [0, 0.1) is 17.2 Å². The van der Waals surface area contributed by atoms with Crippen LogP contribution in [0.1, 0.15) is 40.5 Å². The molecule has 0 bridgehead atoms. The van der Waals surface area contributed by atoms with E-state index in [1.807, 2.05) is 27.7 Å². The lowest BCUT2D eigenvalue weighted by Gasteiger charge is -2.27. The molecule has 0 radical (unpaired) electrons. The van der Waals surface area contributed by atoms with E-state index in [1.54, 1.807) is 4.90 Å². The van der Waals surface area contributed by atoms with Gasteiger partial charge in [0.2, 0.25) is 5.91 Å². The first-order valence-electron chi connectivity index (χ1n) is 5.82. The molecular formula is C12H23N3O. The summed E-state index contributed by atoms with van der Waals surface area (Å²) in [5.74, 6) is 0.348. The lowest BCUT2D eigenvalue weighted by Crippen LogP contribution is -2.41. The average Bonchev–Trinajstić information content (AvgIpc) is 2.17. The standard InChI is InChI=1S/C12H23N3O/c1-9(2)11(14)8-12(16)15(10(3)4)7-5-6-13/h9-11H,5,7-8,14H2,1-4H3. The van der Waals surface area contributed by atoms with Gasteiger partial charge in [-0.05, 0) is 19.8 Å². The Labute approximate surface area is 98.4 Å². The molecule has 0 aliphatic heterocycles. The van der Waals surface area contributed by atoms with Crippen LogP contribution in [0.15, 0.2) is 0 Å². The molecule has 0 aromatic rings. The van der Waals surface area contributed by atoms with Crippen LogP contribution in [0.4, 0.5) is 0 Å². The smallest absolute Gasteiger partial charge is 0.224 e. The number of nitriles is 1. The Balaban J connectivity index is 4.34. The van der Waals surface area contributed by atoms with Gasteiger partial charge in [0.05, 0.1) is 12.5 Å². The van der Waals surface area contributed by atoms with Crippen LogP contribution < -0.4 is 5.73 Å². The average molecular weight is 225 g/mol. The van der Waals surface area contributed by atoms with Crippen molar-refractivity contribution >= 4 is 5.91 Å². The van der Waals surface area contributed by atoms with Crippen LogP contribution in [-0.2, 0) is 4.79 Å². The van der Waals surface area contributed by atoms with Crippen molar-refractivity contribution in [1.29, 1.82) is 5.26 Å². The van der Waals surface area contributed by atoms with Crippen molar-refractivity contribution < 1.29 is 4.79 Å². The Kier molecular flexibility index (Phi) is 6.75. The van der Waals surface area contributed by atoms with E-state index in [1.165, 1.54) is 0 Å². The number of hydrogen-bond donors (Lipinski definition) is 1. The molecule has 0 aromatic heterocycles. The fourth-order valence-electron chi connectivity index (χ4n) is 1.40. The summed E-state index contributed by atoms with van der Waals surface area (Å²) in [7, 11) is 0. The van der Waals surface area contributed by atoms with E-state index >= 15 is 0 Å². The Morgan fingerprint density at radius 2 is 1.94 bits per heavy atom. The van der Waals surface area contributed by atoms with Gasteiger partial charge in [0.25, 0.3) is 0 Å². The number of carbonyl (C=O) groups excluding carboxylic acids is 1. The normalized spacial score (nSPS) is 12.6. The maximum absolute atomic E-state index is 11.9. The Bertz CT molecular complexity index is 255. The summed E-state index contributed by atoms with van der Waals surface area (Å²) < 4.78 is 0. The molecule has 0 spiro atoms. The van der Waals surface area contributed by atoms with E-state index in [2.05, 4.69) is 6.07 Å². The SMILES string of the molecule is CC(C)C(N)CC(=O)N(CCC#N)C(C)C. The van der Waals surface area contributed by atoms with Gasteiger partial charge in [0.15, 0.2) is 0 Å². The molecule has 0 aromatic carbocycles. The van der Waals surface area contributed by atoms with E-state index < -0.39 is 0 Å². The predicted molar refractivity (Wildman–Crippen MR) is 64.5 cm³/mol. The number of nitrogens with zero attached hydrogens (tertiary/aromatic N) is 2. The van der Waals surface area contributed by atoms with Gasteiger partial charge in [0, 0.05) is 25.0 Å². The lowest BCUT2D eigenvalue weighted by atomic mass is 10.0. The molecule has 0 heterocycles. The van der Waals surface area contributed by atoms with Gasteiger partial charge in [-0.1, -0.05) is 13.8 Å². The van der Waals surface area contributed by atoms with Gasteiger partial charge in [-0.2, -0.15) is 5.26 Å². The van der Waals surface area contributed by atoms with Crippen molar-refractivity contribution in [1.82, 2.24) is 4.90 Å². The molecule has 4 heteroatoms. The maximum Gasteiger partial charge on any atom is 0.224 e. The first kappa shape index (κ1) is 14.9. The van der Waals surface area contributed by atoms with Crippen molar-refractivity contribution in [3.05, 3.63) is 0 Å². The molecule has 1 unspecified atom stereocenters. The molecule has 2 N–H and O–H groups in total. The number of carbonyl (C=O) groups is 1. The Hall–Kier alpha value is -1.08. The molecule has 0 fully saturated rings. The van der Waals surface area contributed by atoms with Crippen molar-refractivity contribution in [3.8, 4) is 6.07 Å². The molecule has 0 aliphatic carbocycles. The Morgan fingerprint density at radius 3 is 2.31 bits per heavy atom. The Morgan fingerprint density at radius 1 is 1.38 bits per heavy atom. The van der Waals surface area contributed by atoms with Gasteiger partial charge in [0.1, 0.15) is 0 Å². The van der Waals surface area contributed by atoms with Gasteiger partial charge < -0.3 is 10.6 Å². The minimum Gasteiger partial charge on any atom is -0.339 e. The fraction of sp³-hybridized carbons (Fsp3) is 0.833.